The molecule has 0 unspecified atom stereocenters. The van der Waals surface area contributed by atoms with Crippen molar-refractivity contribution in [2.24, 2.45) is 0 Å². The van der Waals surface area contributed by atoms with E-state index in [1.165, 1.54) is 16.2 Å². The molecule has 0 aliphatic carbocycles. The van der Waals surface area contributed by atoms with Crippen LogP contribution in [0.4, 0.5) is 4.79 Å². The molecule has 3 amide bonds. The summed E-state index contributed by atoms with van der Waals surface area (Å²) in [6.45, 7) is 0.440. The van der Waals surface area contributed by atoms with Gasteiger partial charge in [-0.05, 0) is 51.7 Å². The highest BCUT2D eigenvalue weighted by Gasteiger charge is 2.34. The first-order chi connectivity index (χ1) is 11.6. The average Bonchev–Trinajstić information content (AvgIpc) is 3.27. The molecule has 1 aliphatic rings. The monoisotopic (exact) mass is 378 g/mol. The number of carbonyl (C=O) groups excluding carboxylic acids is 3. The van der Waals surface area contributed by atoms with E-state index >= 15 is 0 Å². The highest BCUT2D eigenvalue weighted by Crippen LogP contribution is 2.32. The summed E-state index contributed by atoms with van der Waals surface area (Å²) < 4.78 is 0. The Labute approximate surface area is 151 Å². The third-order valence-corrected chi connectivity index (χ3v) is 5.75. The lowest BCUT2D eigenvalue weighted by Crippen LogP contribution is -2.37. The standard InChI is InChI=1S/C16H14N2O3S3/c19-14(8-11-3-7-22-10-11)17-4-5-18-15(20)13(24-16(18)21)9-12-2-1-6-23-12/h1-3,6-7,9-10H,4-5,8H2,(H,17,19)/b13-9+. The van der Waals surface area contributed by atoms with Crippen molar-refractivity contribution in [3.63, 3.8) is 0 Å². The fourth-order valence-corrected chi connectivity index (χ4v) is 4.40. The summed E-state index contributed by atoms with van der Waals surface area (Å²) in [5.74, 6) is -0.417. The Morgan fingerprint density at radius 3 is 2.83 bits per heavy atom. The Morgan fingerprint density at radius 1 is 1.25 bits per heavy atom. The van der Waals surface area contributed by atoms with Gasteiger partial charge in [0.25, 0.3) is 11.1 Å². The van der Waals surface area contributed by atoms with Crippen LogP contribution in [0.3, 0.4) is 0 Å². The van der Waals surface area contributed by atoms with Gasteiger partial charge < -0.3 is 5.32 Å². The summed E-state index contributed by atoms with van der Waals surface area (Å²) in [7, 11) is 0. The molecular weight excluding hydrogens is 364 g/mol. The normalized spacial score (nSPS) is 16.2. The van der Waals surface area contributed by atoms with E-state index in [1.54, 1.807) is 17.4 Å². The lowest BCUT2D eigenvalue weighted by molar-refractivity contribution is -0.124. The number of nitrogens with zero attached hydrogens (tertiary/aromatic N) is 1. The first kappa shape index (κ1) is 16.9. The van der Waals surface area contributed by atoms with E-state index in [0.29, 0.717) is 11.3 Å². The van der Waals surface area contributed by atoms with Gasteiger partial charge in [-0.1, -0.05) is 6.07 Å². The number of amides is 3. The topological polar surface area (TPSA) is 66.5 Å². The predicted octanol–water partition coefficient (Wildman–Crippen LogP) is 3.20. The van der Waals surface area contributed by atoms with Gasteiger partial charge in [0.1, 0.15) is 0 Å². The zero-order chi connectivity index (χ0) is 16.9. The molecule has 0 atom stereocenters. The van der Waals surface area contributed by atoms with Crippen LogP contribution < -0.4 is 5.32 Å². The first-order valence-electron chi connectivity index (χ1n) is 7.20. The van der Waals surface area contributed by atoms with Crippen molar-refractivity contribution in [2.45, 2.75) is 6.42 Å². The van der Waals surface area contributed by atoms with Gasteiger partial charge in [-0.15, -0.1) is 11.3 Å². The number of hydrogen-bond donors (Lipinski definition) is 1. The van der Waals surface area contributed by atoms with Crippen LogP contribution >= 0.6 is 34.4 Å². The van der Waals surface area contributed by atoms with E-state index in [4.69, 9.17) is 0 Å². The minimum Gasteiger partial charge on any atom is -0.354 e. The van der Waals surface area contributed by atoms with Gasteiger partial charge in [0.05, 0.1) is 11.3 Å². The fourth-order valence-electron chi connectivity index (χ4n) is 2.14. The lowest BCUT2D eigenvalue weighted by Gasteiger charge is -2.12. The number of thiophene rings is 2. The maximum absolute atomic E-state index is 12.3. The third-order valence-electron chi connectivity index (χ3n) is 3.29. The quantitative estimate of drug-likeness (QED) is 0.784. The summed E-state index contributed by atoms with van der Waals surface area (Å²) in [6, 6.07) is 5.68. The van der Waals surface area contributed by atoms with Crippen LogP contribution in [0.1, 0.15) is 10.4 Å². The number of carbonyl (C=O) groups is 3. The molecule has 8 heteroatoms. The highest BCUT2D eigenvalue weighted by molar-refractivity contribution is 8.18. The lowest BCUT2D eigenvalue weighted by atomic mass is 10.2. The molecule has 1 aliphatic heterocycles. The molecule has 2 aromatic rings. The van der Waals surface area contributed by atoms with Crippen molar-refractivity contribution in [3.8, 4) is 0 Å². The Kier molecular flexibility index (Phi) is 5.49. The van der Waals surface area contributed by atoms with Crippen LogP contribution in [0, 0.1) is 0 Å². The maximum Gasteiger partial charge on any atom is 0.293 e. The van der Waals surface area contributed by atoms with Gasteiger partial charge in [-0.2, -0.15) is 11.3 Å². The molecular formula is C16H14N2O3S3. The number of nitrogens with one attached hydrogen (secondary N) is 1. The minimum atomic E-state index is -0.300. The van der Waals surface area contributed by atoms with Gasteiger partial charge in [0.15, 0.2) is 0 Å². The third kappa shape index (κ3) is 4.14. The van der Waals surface area contributed by atoms with Gasteiger partial charge >= 0.3 is 0 Å². The van der Waals surface area contributed by atoms with Crippen molar-refractivity contribution in [2.75, 3.05) is 13.1 Å². The number of imide groups is 1. The molecule has 1 fully saturated rings. The van der Waals surface area contributed by atoms with Crippen LogP contribution in [0.5, 0.6) is 0 Å². The zero-order valence-corrected chi connectivity index (χ0v) is 15.0. The second-order valence-corrected chi connectivity index (χ2v) is 7.76. The van der Waals surface area contributed by atoms with Crippen molar-refractivity contribution in [1.82, 2.24) is 10.2 Å². The summed E-state index contributed by atoms with van der Waals surface area (Å²) in [5.41, 5.74) is 0.961. The number of thioether (sulfide) groups is 1. The van der Waals surface area contributed by atoms with E-state index < -0.39 is 0 Å². The summed E-state index contributed by atoms with van der Waals surface area (Å²) in [6.07, 6.45) is 2.04. The molecule has 1 saturated heterocycles. The van der Waals surface area contributed by atoms with E-state index in [-0.39, 0.29) is 30.1 Å². The summed E-state index contributed by atoms with van der Waals surface area (Å²) in [5, 5.41) is 8.20. The molecule has 2 aromatic heterocycles. The largest absolute Gasteiger partial charge is 0.354 e. The average molecular weight is 379 g/mol. The van der Waals surface area contributed by atoms with Crippen LogP contribution in [0.15, 0.2) is 39.2 Å². The molecule has 0 radical (unpaired) electrons. The summed E-state index contributed by atoms with van der Waals surface area (Å²) in [4.78, 5) is 38.6. The van der Waals surface area contributed by atoms with E-state index in [0.717, 1.165) is 22.2 Å². The summed E-state index contributed by atoms with van der Waals surface area (Å²) >= 11 is 3.99. The van der Waals surface area contributed by atoms with Crippen molar-refractivity contribution in [1.29, 1.82) is 0 Å². The van der Waals surface area contributed by atoms with Gasteiger partial charge in [0.2, 0.25) is 5.91 Å². The molecule has 0 aromatic carbocycles. The molecule has 0 bridgehead atoms. The van der Waals surface area contributed by atoms with Crippen LogP contribution in [0.25, 0.3) is 6.08 Å². The van der Waals surface area contributed by atoms with Crippen molar-refractivity contribution >= 4 is 57.6 Å². The van der Waals surface area contributed by atoms with Crippen LogP contribution in [-0.4, -0.2) is 35.0 Å². The molecule has 0 saturated carbocycles. The Hall–Kier alpha value is -1.90. The highest BCUT2D eigenvalue weighted by atomic mass is 32.2. The molecule has 124 valence electrons. The molecule has 3 heterocycles. The molecule has 5 nitrogen and oxygen atoms in total. The molecule has 24 heavy (non-hydrogen) atoms. The van der Waals surface area contributed by atoms with Crippen LogP contribution in [0.2, 0.25) is 0 Å². The van der Waals surface area contributed by atoms with E-state index in [2.05, 4.69) is 5.32 Å². The maximum atomic E-state index is 12.3. The smallest absolute Gasteiger partial charge is 0.293 e. The van der Waals surface area contributed by atoms with Gasteiger partial charge in [-0.25, -0.2) is 0 Å². The fraction of sp³-hybridized carbons (Fsp3) is 0.188. The van der Waals surface area contributed by atoms with Gasteiger partial charge in [0, 0.05) is 18.0 Å². The van der Waals surface area contributed by atoms with Crippen LogP contribution in [-0.2, 0) is 16.0 Å². The van der Waals surface area contributed by atoms with Gasteiger partial charge in [-0.3, -0.25) is 19.3 Å². The second kappa shape index (κ2) is 7.78. The predicted molar refractivity (Wildman–Crippen MR) is 98.0 cm³/mol. The SMILES string of the molecule is O=C(Cc1ccsc1)NCCN1C(=O)S/C(=C/c2cccs2)C1=O. The van der Waals surface area contributed by atoms with E-state index in [1.807, 2.05) is 34.3 Å². The Morgan fingerprint density at radius 2 is 2.12 bits per heavy atom. The first-order valence-corrected chi connectivity index (χ1v) is 9.84. The van der Waals surface area contributed by atoms with E-state index in [9.17, 15) is 14.4 Å². The minimum absolute atomic E-state index is 0.116. The number of rotatable bonds is 6. The Bertz CT molecular complexity index is 767. The zero-order valence-electron chi connectivity index (χ0n) is 12.6. The second-order valence-electron chi connectivity index (χ2n) is 5.01. The molecule has 1 N–H and O–H groups in total. The number of hydrogen-bond acceptors (Lipinski definition) is 6. The Balaban J connectivity index is 1.51. The molecule has 0 spiro atoms. The van der Waals surface area contributed by atoms with Crippen molar-refractivity contribution in [3.05, 3.63) is 49.7 Å². The molecule has 3 rings (SSSR count). The van der Waals surface area contributed by atoms with Crippen molar-refractivity contribution < 1.29 is 14.4 Å².